The van der Waals surface area contributed by atoms with E-state index in [9.17, 15) is 4.79 Å². The van der Waals surface area contributed by atoms with Crippen LogP contribution in [0.5, 0.6) is 5.75 Å². The third-order valence-electron chi connectivity index (χ3n) is 4.65. The lowest BCUT2D eigenvalue weighted by molar-refractivity contribution is 0.302. The van der Waals surface area contributed by atoms with E-state index in [2.05, 4.69) is 12.1 Å². The molecule has 116 valence electrons. The molecule has 1 aromatic heterocycles. The Morgan fingerprint density at radius 2 is 1.75 bits per heavy atom. The molecule has 0 spiro atoms. The van der Waals surface area contributed by atoms with E-state index in [1.807, 2.05) is 49.4 Å². The monoisotopic (exact) mass is 314 g/mol. The van der Waals surface area contributed by atoms with Crippen LogP contribution < -0.4 is 10.4 Å². The van der Waals surface area contributed by atoms with E-state index in [1.165, 1.54) is 0 Å². The number of hydrogen-bond donors (Lipinski definition) is 0. The topological polar surface area (TPSA) is 39.4 Å². The predicted molar refractivity (Wildman–Crippen MR) is 94.5 cm³/mol. The molecule has 0 amide bonds. The highest BCUT2D eigenvalue weighted by atomic mass is 16.5. The van der Waals surface area contributed by atoms with Crippen molar-refractivity contribution < 1.29 is 9.15 Å². The number of aryl methyl sites for hydroxylation is 1. The third kappa shape index (κ3) is 1.81. The van der Waals surface area contributed by atoms with Crippen molar-refractivity contribution in [3.63, 3.8) is 0 Å². The number of rotatable bonds is 0. The van der Waals surface area contributed by atoms with E-state index < -0.39 is 0 Å². The number of benzene rings is 3. The number of fused-ring (bicyclic) bond motifs is 6. The highest BCUT2D eigenvalue weighted by Crippen LogP contribution is 2.39. The van der Waals surface area contributed by atoms with E-state index >= 15 is 0 Å². The van der Waals surface area contributed by atoms with Crippen LogP contribution in [0.2, 0.25) is 0 Å². The predicted octanol–water partition coefficient (Wildman–Crippen LogP) is 4.81. The van der Waals surface area contributed by atoms with Crippen molar-refractivity contribution in [1.82, 2.24) is 0 Å². The van der Waals surface area contributed by atoms with Gasteiger partial charge in [-0.1, -0.05) is 30.3 Å². The van der Waals surface area contributed by atoms with Gasteiger partial charge >= 0.3 is 5.63 Å². The fraction of sp³-hybridized carbons (Fsp3) is 0.0952. The lowest BCUT2D eigenvalue weighted by atomic mass is 9.93. The van der Waals surface area contributed by atoms with E-state index in [0.717, 1.165) is 38.8 Å². The molecule has 0 aliphatic carbocycles. The summed E-state index contributed by atoms with van der Waals surface area (Å²) in [6, 6.07) is 18.0. The molecule has 0 saturated carbocycles. The molecule has 1 aliphatic rings. The van der Waals surface area contributed by atoms with Crippen molar-refractivity contribution in [3.8, 4) is 16.9 Å². The summed E-state index contributed by atoms with van der Waals surface area (Å²) < 4.78 is 11.3. The van der Waals surface area contributed by atoms with Gasteiger partial charge < -0.3 is 9.15 Å². The summed E-state index contributed by atoms with van der Waals surface area (Å²) in [6.07, 6.45) is 0. The van der Waals surface area contributed by atoms with Gasteiger partial charge in [-0.3, -0.25) is 0 Å². The molecule has 1 aliphatic heterocycles. The van der Waals surface area contributed by atoms with E-state index in [-0.39, 0.29) is 5.63 Å². The van der Waals surface area contributed by atoms with Gasteiger partial charge in [-0.15, -0.1) is 0 Å². The van der Waals surface area contributed by atoms with Crippen molar-refractivity contribution in [2.24, 2.45) is 0 Å². The summed E-state index contributed by atoms with van der Waals surface area (Å²) in [7, 11) is 0. The highest BCUT2D eigenvalue weighted by Gasteiger charge is 2.19. The lowest BCUT2D eigenvalue weighted by Crippen LogP contribution is -2.08. The Morgan fingerprint density at radius 1 is 0.875 bits per heavy atom. The first-order chi connectivity index (χ1) is 11.7. The zero-order valence-corrected chi connectivity index (χ0v) is 13.1. The summed E-state index contributed by atoms with van der Waals surface area (Å²) in [5.74, 6) is 0.882. The largest absolute Gasteiger partial charge is 0.488 e. The van der Waals surface area contributed by atoms with E-state index in [0.29, 0.717) is 17.6 Å². The van der Waals surface area contributed by atoms with Crippen molar-refractivity contribution in [3.05, 3.63) is 76.1 Å². The van der Waals surface area contributed by atoms with Gasteiger partial charge in [-0.05, 0) is 47.9 Å². The first-order valence-electron chi connectivity index (χ1n) is 7.93. The van der Waals surface area contributed by atoms with Gasteiger partial charge in [0.05, 0.1) is 5.39 Å². The Kier molecular flexibility index (Phi) is 2.63. The molecule has 0 atom stereocenters. The minimum Gasteiger partial charge on any atom is -0.488 e. The lowest BCUT2D eigenvalue weighted by Gasteiger charge is -2.21. The van der Waals surface area contributed by atoms with Gasteiger partial charge in [-0.2, -0.15) is 0 Å². The molecule has 0 saturated heterocycles. The zero-order valence-electron chi connectivity index (χ0n) is 13.1. The first kappa shape index (κ1) is 13.4. The van der Waals surface area contributed by atoms with Crippen LogP contribution in [0.3, 0.4) is 0 Å². The molecular formula is C21H14O3. The van der Waals surface area contributed by atoms with Crippen LogP contribution in [0.25, 0.3) is 32.9 Å². The van der Waals surface area contributed by atoms with Gasteiger partial charge in [0.1, 0.15) is 17.9 Å². The molecule has 3 aromatic carbocycles. The van der Waals surface area contributed by atoms with Crippen LogP contribution in [0.4, 0.5) is 0 Å². The molecule has 4 aromatic rings. The molecule has 0 fully saturated rings. The summed E-state index contributed by atoms with van der Waals surface area (Å²) in [4.78, 5) is 12.4. The molecule has 5 rings (SSSR count). The van der Waals surface area contributed by atoms with Crippen LogP contribution in [-0.4, -0.2) is 0 Å². The third-order valence-corrected chi connectivity index (χ3v) is 4.65. The normalized spacial score (nSPS) is 12.7. The Bertz CT molecular complexity index is 1190. The maximum Gasteiger partial charge on any atom is 0.344 e. The SMILES string of the molecule is Cc1ccc2c(c1)oc(=O)c1cc3c(cc12)-c1ccccc1OC3. The summed E-state index contributed by atoms with van der Waals surface area (Å²) in [5.41, 5.74) is 4.60. The van der Waals surface area contributed by atoms with Crippen LogP contribution in [-0.2, 0) is 6.61 Å². The highest BCUT2D eigenvalue weighted by molar-refractivity contribution is 6.06. The van der Waals surface area contributed by atoms with Gasteiger partial charge in [-0.25, -0.2) is 4.79 Å². The Morgan fingerprint density at radius 3 is 2.67 bits per heavy atom. The van der Waals surface area contributed by atoms with Crippen molar-refractivity contribution >= 4 is 21.7 Å². The Hall–Kier alpha value is -3.07. The number of para-hydroxylation sites is 1. The molecule has 3 nitrogen and oxygen atoms in total. The molecule has 0 N–H and O–H groups in total. The molecule has 0 bridgehead atoms. The van der Waals surface area contributed by atoms with Gasteiger partial charge in [0, 0.05) is 16.3 Å². The standard InChI is InChI=1S/C21H14O3/c1-12-6-7-15-17-10-16-13(9-18(17)21(22)24-20(15)8-12)11-23-19-5-3-2-4-14(16)19/h2-10H,11H2,1H3. The summed E-state index contributed by atoms with van der Waals surface area (Å²) in [5, 5.41) is 2.49. The molecule has 2 heterocycles. The summed E-state index contributed by atoms with van der Waals surface area (Å²) >= 11 is 0. The minimum atomic E-state index is -0.301. The number of hydrogen-bond acceptors (Lipinski definition) is 3. The van der Waals surface area contributed by atoms with Crippen LogP contribution in [0.1, 0.15) is 11.1 Å². The molecule has 0 radical (unpaired) electrons. The van der Waals surface area contributed by atoms with Crippen molar-refractivity contribution in [2.75, 3.05) is 0 Å². The first-order valence-corrected chi connectivity index (χ1v) is 7.93. The van der Waals surface area contributed by atoms with E-state index in [4.69, 9.17) is 9.15 Å². The minimum absolute atomic E-state index is 0.301. The fourth-order valence-corrected chi connectivity index (χ4v) is 3.47. The quantitative estimate of drug-likeness (QED) is 0.345. The molecular weight excluding hydrogens is 300 g/mol. The Balaban J connectivity index is 1.94. The maximum atomic E-state index is 12.4. The second kappa shape index (κ2) is 4.71. The zero-order chi connectivity index (χ0) is 16.3. The van der Waals surface area contributed by atoms with Gasteiger partial charge in [0.25, 0.3) is 0 Å². The fourth-order valence-electron chi connectivity index (χ4n) is 3.47. The molecule has 3 heteroatoms. The average molecular weight is 314 g/mol. The second-order valence-corrected chi connectivity index (χ2v) is 6.23. The Labute approximate surface area is 138 Å². The van der Waals surface area contributed by atoms with Crippen molar-refractivity contribution in [2.45, 2.75) is 13.5 Å². The summed E-state index contributed by atoms with van der Waals surface area (Å²) in [6.45, 7) is 2.46. The smallest absolute Gasteiger partial charge is 0.344 e. The second-order valence-electron chi connectivity index (χ2n) is 6.23. The molecule has 0 unspecified atom stereocenters. The van der Waals surface area contributed by atoms with Gasteiger partial charge in [0.2, 0.25) is 0 Å². The van der Waals surface area contributed by atoms with Crippen LogP contribution in [0, 0.1) is 6.92 Å². The van der Waals surface area contributed by atoms with Gasteiger partial charge in [0.15, 0.2) is 0 Å². The average Bonchev–Trinajstić information content (AvgIpc) is 2.60. The number of ether oxygens (including phenoxy) is 1. The van der Waals surface area contributed by atoms with E-state index in [1.54, 1.807) is 0 Å². The molecule has 24 heavy (non-hydrogen) atoms. The van der Waals surface area contributed by atoms with Crippen LogP contribution >= 0.6 is 0 Å². The van der Waals surface area contributed by atoms with Crippen molar-refractivity contribution in [1.29, 1.82) is 0 Å². The van der Waals surface area contributed by atoms with Crippen LogP contribution in [0.15, 0.2) is 63.8 Å². The maximum absolute atomic E-state index is 12.4.